The van der Waals surface area contributed by atoms with Gasteiger partial charge in [0, 0.05) is 29.6 Å². The Bertz CT molecular complexity index is 1150. The van der Waals surface area contributed by atoms with Crippen molar-refractivity contribution in [2.24, 2.45) is 5.16 Å². The van der Waals surface area contributed by atoms with Gasteiger partial charge in [0.25, 0.3) is 0 Å². The minimum Gasteiger partial charge on any atom is -0.503 e. The monoisotopic (exact) mass is 404 g/mol. The number of pyridine rings is 1. The lowest BCUT2D eigenvalue weighted by atomic mass is 9.95. The number of carbonyl (C=O) groups is 2. The number of oxime groups is 1. The summed E-state index contributed by atoms with van der Waals surface area (Å²) in [6.07, 6.45) is 3.00. The first-order chi connectivity index (χ1) is 14.5. The van der Waals surface area contributed by atoms with Gasteiger partial charge in [-0.25, -0.2) is 9.59 Å². The molecule has 1 aromatic heterocycles. The molecule has 0 aliphatic rings. The van der Waals surface area contributed by atoms with Crippen LogP contribution >= 0.6 is 0 Å². The summed E-state index contributed by atoms with van der Waals surface area (Å²) in [6.45, 7) is 1.26. The Morgan fingerprint density at radius 3 is 2.30 bits per heavy atom. The summed E-state index contributed by atoms with van der Waals surface area (Å²) in [7, 11) is 2.72. The molecule has 0 N–H and O–H groups in total. The highest BCUT2D eigenvalue weighted by Crippen LogP contribution is 2.25. The molecule has 2 aromatic carbocycles. The quantitative estimate of drug-likeness (QED) is 0.155. The molecule has 0 unspecified atom stereocenters. The van der Waals surface area contributed by atoms with Gasteiger partial charge in [-0.2, -0.15) is 0 Å². The summed E-state index contributed by atoms with van der Waals surface area (Å²) in [4.78, 5) is 33.2. The number of hydrogen-bond donors (Lipinski definition) is 0. The van der Waals surface area contributed by atoms with Gasteiger partial charge in [0.15, 0.2) is 0 Å². The Morgan fingerprint density at radius 2 is 1.63 bits per heavy atom. The van der Waals surface area contributed by atoms with E-state index in [1.807, 2.05) is 30.3 Å². The van der Waals surface area contributed by atoms with E-state index in [2.05, 4.69) is 10.1 Å². The van der Waals surface area contributed by atoms with Gasteiger partial charge in [-0.15, -0.1) is 0 Å². The van der Waals surface area contributed by atoms with Gasteiger partial charge < -0.3 is 14.3 Å². The molecule has 0 aliphatic carbocycles. The second-order valence-electron chi connectivity index (χ2n) is 6.24. The highest BCUT2D eigenvalue weighted by atomic mass is 16.7. The van der Waals surface area contributed by atoms with Gasteiger partial charge >= 0.3 is 11.9 Å². The van der Waals surface area contributed by atoms with E-state index >= 15 is 0 Å². The molecule has 152 valence electrons. The number of rotatable bonds is 6. The van der Waals surface area contributed by atoms with Crippen molar-refractivity contribution >= 4 is 34.0 Å². The van der Waals surface area contributed by atoms with Gasteiger partial charge in [0.2, 0.25) is 0 Å². The van der Waals surface area contributed by atoms with Crippen molar-refractivity contribution < 1.29 is 23.9 Å². The zero-order chi connectivity index (χ0) is 21.5. The molecule has 30 heavy (non-hydrogen) atoms. The zero-order valence-electron chi connectivity index (χ0n) is 16.8. The number of ether oxygens (including phenoxy) is 2. The van der Waals surface area contributed by atoms with Crippen LogP contribution in [-0.2, 0) is 23.9 Å². The average molecular weight is 404 g/mol. The topological polar surface area (TPSA) is 87.1 Å². The number of carbonyl (C=O) groups excluding carboxylic acids is 2. The number of aromatic nitrogens is 1. The lowest BCUT2D eigenvalue weighted by molar-refractivity contribution is -0.141. The van der Waals surface area contributed by atoms with E-state index in [0.717, 1.165) is 10.8 Å². The Labute approximate surface area is 173 Å². The minimum atomic E-state index is -0.581. The fourth-order valence-electron chi connectivity index (χ4n) is 2.93. The third-order valence-electron chi connectivity index (χ3n) is 4.25. The van der Waals surface area contributed by atoms with E-state index in [-0.39, 0.29) is 11.3 Å². The molecule has 0 radical (unpaired) electrons. The second kappa shape index (κ2) is 9.47. The van der Waals surface area contributed by atoms with Crippen LogP contribution in [0.2, 0.25) is 0 Å². The third-order valence-corrected chi connectivity index (χ3v) is 4.25. The van der Waals surface area contributed by atoms with Crippen LogP contribution in [0.25, 0.3) is 16.3 Å². The van der Waals surface area contributed by atoms with Crippen LogP contribution in [0.15, 0.2) is 72.2 Å². The molecule has 3 aromatic rings. The Kier molecular flexibility index (Phi) is 6.54. The van der Waals surface area contributed by atoms with Crippen molar-refractivity contribution in [1.29, 1.82) is 0 Å². The third kappa shape index (κ3) is 4.52. The normalized spacial score (nSPS) is 11.8. The molecule has 0 aliphatic heterocycles. The van der Waals surface area contributed by atoms with Crippen LogP contribution in [0.4, 0.5) is 0 Å². The maximum atomic E-state index is 12.3. The summed E-state index contributed by atoms with van der Waals surface area (Å²) < 4.78 is 9.96. The molecule has 0 fully saturated rings. The summed E-state index contributed by atoms with van der Waals surface area (Å²) in [5.74, 6) is -1.16. The van der Waals surface area contributed by atoms with Crippen LogP contribution < -0.4 is 0 Å². The van der Waals surface area contributed by atoms with Crippen molar-refractivity contribution in [3.63, 3.8) is 0 Å². The Morgan fingerprint density at radius 1 is 0.967 bits per heavy atom. The van der Waals surface area contributed by atoms with Crippen molar-refractivity contribution in [2.75, 3.05) is 14.2 Å². The molecule has 7 nitrogen and oxygen atoms in total. The Hall–Kier alpha value is -4.00. The number of hydrogen-bond acceptors (Lipinski definition) is 7. The van der Waals surface area contributed by atoms with E-state index < -0.39 is 11.9 Å². The van der Waals surface area contributed by atoms with Crippen molar-refractivity contribution in [3.05, 3.63) is 83.9 Å². The molecule has 0 atom stereocenters. The first-order valence-corrected chi connectivity index (χ1v) is 9.07. The van der Waals surface area contributed by atoms with Gasteiger partial charge in [0.05, 0.1) is 26.2 Å². The lowest BCUT2D eigenvalue weighted by Crippen LogP contribution is -2.13. The van der Waals surface area contributed by atoms with Crippen LogP contribution in [-0.4, -0.2) is 36.9 Å². The van der Waals surface area contributed by atoms with Gasteiger partial charge in [-0.05, 0) is 11.5 Å². The molecule has 0 spiro atoms. The molecule has 0 bridgehead atoms. The zero-order valence-corrected chi connectivity index (χ0v) is 16.8. The second-order valence-corrected chi connectivity index (χ2v) is 6.24. The summed E-state index contributed by atoms with van der Waals surface area (Å²) >= 11 is 0. The molecular weight excluding hydrogens is 384 g/mol. The van der Waals surface area contributed by atoms with Gasteiger partial charge in [-0.1, -0.05) is 53.7 Å². The smallest absolute Gasteiger partial charge is 0.341 e. The predicted molar refractivity (Wildman–Crippen MR) is 113 cm³/mol. The van der Waals surface area contributed by atoms with E-state index in [0.29, 0.717) is 16.8 Å². The summed E-state index contributed by atoms with van der Waals surface area (Å²) in [5, 5.41) is 5.94. The summed E-state index contributed by atoms with van der Waals surface area (Å²) in [5.41, 5.74) is 1.97. The van der Waals surface area contributed by atoms with Crippen LogP contribution in [0.5, 0.6) is 0 Å². The maximum Gasteiger partial charge on any atom is 0.341 e. The predicted octanol–water partition coefficient (Wildman–Crippen LogP) is 3.71. The van der Waals surface area contributed by atoms with Crippen LogP contribution in [0.3, 0.4) is 0 Å². The van der Waals surface area contributed by atoms with E-state index in [1.165, 1.54) is 27.4 Å². The number of fused-ring (bicyclic) bond motifs is 1. The summed E-state index contributed by atoms with van der Waals surface area (Å²) in [6, 6.07) is 16.6. The van der Waals surface area contributed by atoms with Crippen molar-refractivity contribution in [2.45, 2.75) is 6.92 Å². The number of nitrogens with zero attached hydrogens (tertiary/aromatic N) is 2. The number of benzene rings is 2. The SMILES string of the molecule is COC=C(C(=O)OC)c1ccccc1C(=NOC(C)=O)c1cc2ccccc2cn1. The van der Waals surface area contributed by atoms with Crippen LogP contribution in [0.1, 0.15) is 23.7 Å². The molecule has 3 rings (SSSR count). The highest BCUT2D eigenvalue weighted by molar-refractivity contribution is 6.22. The molecule has 1 heterocycles. The lowest BCUT2D eigenvalue weighted by Gasteiger charge is -2.13. The molecular formula is C23H20N2O5. The Balaban J connectivity index is 2.23. The number of esters is 1. The first kappa shape index (κ1) is 20.7. The minimum absolute atomic E-state index is 0.187. The van der Waals surface area contributed by atoms with Crippen molar-refractivity contribution in [3.8, 4) is 0 Å². The van der Waals surface area contributed by atoms with E-state index in [9.17, 15) is 9.59 Å². The average Bonchev–Trinajstić information content (AvgIpc) is 2.77. The van der Waals surface area contributed by atoms with Gasteiger partial charge in [0.1, 0.15) is 11.3 Å². The fraction of sp³-hybridized carbons (Fsp3) is 0.130. The van der Waals surface area contributed by atoms with Crippen LogP contribution in [0, 0.1) is 0 Å². The van der Waals surface area contributed by atoms with E-state index in [1.54, 1.807) is 30.5 Å². The van der Waals surface area contributed by atoms with Crippen molar-refractivity contribution in [1.82, 2.24) is 4.98 Å². The maximum absolute atomic E-state index is 12.3. The molecule has 0 amide bonds. The first-order valence-electron chi connectivity index (χ1n) is 9.07. The van der Waals surface area contributed by atoms with E-state index in [4.69, 9.17) is 14.3 Å². The molecule has 0 saturated carbocycles. The standard InChI is InChI=1S/C23H20N2O5/c1-15(26)30-25-22(21-12-16-8-4-5-9-17(16)13-24-21)19-11-7-6-10-18(19)20(14-28-2)23(27)29-3/h4-14H,1-3H3. The highest BCUT2D eigenvalue weighted by Gasteiger charge is 2.21. The van der Waals surface area contributed by atoms with Gasteiger partial charge in [-0.3, -0.25) is 4.98 Å². The molecule has 0 saturated heterocycles. The number of methoxy groups -OCH3 is 2. The molecule has 7 heteroatoms. The largest absolute Gasteiger partial charge is 0.503 e. The fourth-order valence-corrected chi connectivity index (χ4v) is 2.93.